The Morgan fingerprint density at radius 1 is 0.781 bits per heavy atom. The van der Waals surface area contributed by atoms with E-state index in [2.05, 4.69) is 54.6 Å². The lowest BCUT2D eigenvalue weighted by Crippen LogP contribution is -2.26. The van der Waals surface area contributed by atoms with Gasteiger partial charge in [-0.1, -0.05) is 115 Å². The minimum Gasteiger partial charge on any atom is -0.423 e. The van der Waals surface area contributed by atoms with E-state index in [1.54, 1.807) is 23.5 Å². The molecule has 1 aliphatic rings. The second-order valence-corrected chi connectivity index (χ2v) is 10.1. The van der Waals surface area contributed by atoms with Crippen molar-refractivity contribution < 1.29 is 9.53 Å². The number of hydrogen-bond acceptors (Lipinski definition) is 4. The molecule has 0 saturated heterocycles. The van der Waals surface area contributed by atoms with Gasteiger partial charge >= 0.3 is 5.97 Å². The Hall–Kier alpha value is -2.95. The van der Waals surface area contributed by atoms with Gasteiger partial charge < -0.3 is 4.74 Å². The summed E-state index contributed by atoms with van der Waals surface area (Å²) < 4.78 is 7.00. The number of carbonyl (C=O) groups excluding carboxylic acids is 1. The number of hydrogen-bond donors (Lipinski definition) is 0. The van der Waals surface area contributed by atoms with Crippen molar-refractivity contribution in [1.82, 2.24) is 0 Å². The van der Waals surface area contributed by atoms with Crippen molar-refractivity contribution in [3.05, 3.63) is 124 Å². The molecule has 1 atom stereocenters. The van der Waals surface area contributed by atoms with Gasteiger partial charge in [0.25, 0.3) is 0 Å². The molecule has 1 heterocycles. The zero-order valence-electron chi connectivity index (χ0n) is 17.4. The zero-order chi connectivity index (χ0) is 21.8. The van der Waals surface area contributed by atoms with Crippen molar-refractivity contribution in [3.63, 3.8) is 0 Å². The molecule has 1 unspecified atom stereocenters. The molecule has 0 radical (unpaired) electrons. The molecule has 4 aromatic carbocycles. The minimum absolute atomic E-state index is 0.174. The quantitative estimate of drug-likeness (QED) is 0.286. The average molecular weight is 455 g/mol. The summed E-state index contributed by atoms with van der Waals surface area (Å²) in [6, 6.07) is 35.0. The fraction of sp³-hybridized carbons (Fsp3) is 0.107. The van der Waals surface area contributed by atoms with Gasteiger partial charge in [0.1, 0.15) is 5.25 Å². The van der Waals surface area contributed by atoms with Gasteiger partial charge in [0.2, 0.25) is 0 Å². The van der Waals surface area contributed by atoms with Crippen LogP contribution in [0.2, 0.25) is 0 Å². The number of benzene rings is 4. The second-order valence-electron chi connectivity index (χ2n) is 7.63. The van der Waals surface area contributed by atoms with Crippen molar-refractivity contribution in [2.45, 2.75) is 17.4 Å². The van der Waals surface area contributed by atoms with E-state index in [0.29, 0.717) is 12.2 Å². The van der Waals surface area contributed by atoms with Crippen molar-refractivity contribution in [2.24, 2.45) is 0 Å². The summed E-state index contributed by atoms with van der Waals surface area (Å²) in [5.41, 5.74) is 3.36. The maximum atomic E-state index is 12.9. The maximum absolute atomic E-state index is 12.9. The molecule has 0 fully saturated rings. The van der Waals surface area contributed by atoms with Crippen LogP contribution in [0, 0.1) is 0 Å². The molecule has 0 spiro atoms. The molecule has 1 aliphatic heterocycles. The van der Waals surface area contributed by atoms with E-state index < -0.39 is 0 Å². The lowest BCUT2D eigenvalue weighted by atomic mass is 10.1. The lowest BCUT2D eigenvalue weighted by Gasteiger charge is -2.25. The van der Waals surface area contributed by atoms with Crippen molar-refractivity contribution in [2.75, 3.05) is 0 Å². The molecular weight excluding hydrogens is 432 g/mol. The molecular formula is C28H22O2S2. The average Bonchev–Trinajstić information content (AvgIpc) is 2.85. The van der Waals surface area contributed by atoms with Crippen LogP contribution in [0.5, 0.6) is 0 Å². The molecule has 0 N–H and O–H groups in total. The molecule has 4 aromatic rings. The Kier molecular flexibility index (Phi) is 6.33. The zero-order valence-corrected chi connectivity index (χ0v) is 19.1. The molecule has 4 heteroatoms. The minimum atomic E-state index is -0.250. The summed E-state index contributed by atoms with van der Waals surface area (Å²) in [6.45, 7) is 0. The van der Waals surface area contributed by atoms with Crippen molar-refractivity contribution in [1.29, 1.82) is 0 Å². The first-order chi connectivity index (χ1) is 15.8. The van der Waals surface area contributed by atoms with Crippen molar-refractivity contribution in [3.8, 4) is 0 Å². The molecule has 158 valence electrons. The summed E-state index contributed by atoms with van der Waals surface area (Å²) in [5, 5.41) is 2.26. The van der Waals surface area contributed by atoms with E-state index in [1.807, 2.05) is 48.5 Å². The van der Waals surface area contributed by atoms with Crippen LogP contribution in [0.25, 0.3) is 16.5 Å². The van der Waals surface area contributed by atoms with Gasteiger partial charge in [-0.05, 0) is 28.3 Å². The normalized spacial score (nSPS) is 16.2. The molecule has 0 aromatic heterocycles. The van der Waals surface area contributed by atoms with Crippen LogP contribution in [-0.2, 0) is 21.7 Å². The first-order valence-electron chi connectivity index (χ1n) is 10.6. The van der Waals surface area contributed by atoms with Gasteiger partial charge in [-0.2, -0.15) is 0 Å². The van der Waals surface area contributed by atoms with E-state index in [9.17, 15) is 4.79 Å². The maximum Gasteiger partial charge on any atom is 0.325 e. The monoisotopic (exact) mass is 454 g/mol. The number of rotatable bonds is 6. The molecule has 32 heavy (non-hydrogen) atoms. The molecule has 0 saturated carbocycles. The smallest absolute Gasteiger partial charge is 0.325 e. The van der Waals surface area contributed by atoms with Gasteiger partial charge in [-0.15, -0.1) is 11.8 Å². The van der Waals surface area contributed by atoms with Gasteiger partial charge in [0.15, 0.2) is 5.76 Å². The first kappa shape index (κ1) is 20.9. The van der Waals surface area contributed by atoms with Gasteiger partial charge in [0, 0.05) is 11.3 Å². The van der Waals surface area contributed by atoms with E-state index >= 15 is 0 Å². The predicted molar refractivity (Wildman–Crippen MR) is 136 cm³/mol. The van der Waals surface area contributed by atoms with Gasteiger partial charge in [-0.25, -0.2) is 0 Å². The fourth-order valence-electron chi connectivity index (χ4n) is 3.82. The SMILES string of the molecule is O=C1OC(c2ccccc2)=C(SCc2cccc3ccccc23)SC1Cc1ccccc1. The molecule has 0 amide bonds. The summed E-state index contributed by atoms with van der Waals surface area (Å²) in [6.07, 6.45) is 0.657. The summed E-state index contributed by atoms with van der Waals surface area (Å²) in [4.78, 5) is 12.9. The Morgan fingerprint density at radius 2 is 1.47 bits per heavy atom. The fourth-order valence-corrected chi connectivity index (χ4v) is 6.39. The summed E-state index contributed by atoms with van der Waals surface area (Å²) in [7, 11) is 0. The highest BCUT2D eigenvalue weighted by Gasteiger charge is 2.32. The van der Waals surface area contributed by atoms with E-state index in [0.717, 1.165) is 21.1 Å². The van der Waals surface area contributed by atoms with Gasteiger partial charge in [-0.3, -0.25) is 4.79 Å². The van der Waals surface area contributed by atoms with Crippen molar-refractivity contribution >= 4 is 46.0 Å². The van der Waals surface area contributed by atoms with Crippen LogP contribution >= 0.6 is 23.5 Å². The number of ether oxygens (including phenoxy) is 1. The lowest BCUT2D eigenvalue weighted by molar-refractivity contribution is -0.136. The van der Waals surface area contributed by atoms with E-state index in [1.165, 1.54) is 16.3 Å². The third-order valence-electron chi connectivity index (χ3n) is 5.44. The Labute approximate surface area is 196 Å². The second kappa shape index (κ2) is 9.68. The molecule has 0 aliphatic carbocycles. The van der Waals surface area contributed by atoms with E-state index in [4.69, 9.17) is 4.74 Å². The third-order valence-corrected chi connectivity index (χ3v) is 8.03. The van der Waals surface area contributed by atoms with Crippen LogP contribution in [0.4, 0.5) is 0 Å². The number of thioether (sulfide) groups is 2. The Bertz CT molecular complexity index is 1260. The molecule has 5 rings (SSSR count). The Morgan fingerprint density at radius 3 is 2.28 bits per heavy atom. The summed E-state index contributed by atoms with van der Waals surface area (Å²) in [5.74, 6) is 1.32. The topological polar surface area (TPSA) is 26.3 Å². The van der Waals surface area contributed by atoms with Gasteiger partial charge in [0.05, 0.1) is 4.24 Å². The van der Waals surface area contributed by atoms with Crippen LogP contribution < -0.4 is 0 Å². The number of fused-ring (bicyclic) bond motifs is 1. The Balaban J connectivity index is 1.45. The third kappa shape index (κ3) is 4.62. The predicted octanol–water partition coefficient (Wildman–Crippen LogP) is 7.30. The highest BCUT2D eigenvalue weighted by molar-refractivity contribution is 8.22. The van der Waals surface area contributed by atoms with Crippen LogP contribution in [0.15, 0.2) is 107 Å². The largest absolute Gasteiger partial charge is 0.423 e. The molecule has 2 nitrogen and oxygen atoms in total. The molecule has 0 bridgehead atoms. The van der Waals surface area contributed by atoms with Crippen LogP contribution in [0.1, 0.15) is 16.7 Å². The number of carbonyl (C=O) groups is 1. The first-order valence-corrected chi connectivity index (χ1v) is 12.5. The standard InChI is InChI=1S/C28H22O2S2/c29-27-25(18-20-10-3-1-4-11-20)32-28(26(30-27)22-13-5-2-6-14-22)31-19-23-16-9-15-21-12-7-8-17-24(21)23/h1-17,25H,18-19H2. The highest BCUT2D eigenvalue weighted by atomic mass is 32.2. The highest BCUT2D eigenvalue weighted by Crippen LogP contribution is 2.45. The summed E-state index contributed by atoms with van der Waals surface area (Å²) >= 11 is 3.38. The van der Waals surface area contributed by atoms with Crippen LogP contribution in [-0.4, -0.2) is 11.2 Å². The number of cyclic esters (lactones) is 1. The number of esters is 1. The van der Waals surface area contributed by atoms with E-state index in [-0.39, 0.29) is 11.2 Å². The van der Waals surface area contributed by atoms with Crippen LogP contribution in [0.3, 0.4) is 0 Å².